The number of ether oxygens (including phenoxy) is 2. The molecular weight excluding hydrogens is 420 g/mol. The van der Waals surface area contributed by atoms with Crippen LogP contribution in [0.25, 0.3) is 0 Å². The van der Waals surface area contributed by atoms with Crippen LogP contribution in [0.5, 0.6) is 0 Å². The molecule has 0 saturated heterocycles. The summed E-state index contributed by atoms with van der Waals surface area (Å²) in [5.74, 6) is 5.57. The van der Waals surface area contributed by atoms with Crippen LogP contribution in [0.3, 0.4) is 0 Å². The number of hydrogen-bond donors (Lipinski definition) is 0. The molecule has 0 unspecified atom stereocenters. The van der Waals surface area contributed by atoms with Gasteiger partial charge in [-0.1, -0.05) is 65.2 Å². The Bertz CT molecular complexity index is 521. The molecule has 0 radical (unpaired) electrons. The quantitative estimate of drug-likeness (QED) is 0.329. The molecule has 196 valence electrons. The number of hydrogen-bond acceptors (Lipinski definition) is 3. The molecule has 0 spiro atoms. The summed E-state index contributed by atoms with van der Waals surface area (Å²) in [6.45, 7) is 4.64. The van der Waals surface area contributed by atoms with Gasteiger partial charge in [0.2, 0.25) is 0 Å². The molecule has 34 heavy (non-hydrogen) atoms. The van der Waals surface area contributed by atoms with Crippen LogP contribution in [0, 0.1) is 35.5 Å². The predicted octanol–water partition coefficient (Wildman–Crippen LogP) is 9.47. The minimum absolute atomic E-state index is 0.0924. The SMILES string of the molecule is CCCC1CCC(C2CCC(OC(=O)OC3CCC(C4CCC(CCC)CC4)CC3)CC2)CC1. The fourth-order valence-corrected chi connectivity index (χ4v) is 8.37. The van der Waals surface area contributed by atoms with Gasteiger partial charge in [-0.2, -0.15) is 0 Å². The van der Waals surface area contributed by atoms with E-state index in [-0.39, 0.29) is 18.4 Å². The number of carbonyl (C=O) groups is 1. The first-order valence-electron chi connectivity index (χ1n) is 15.5. The first-order valence-corrected chi connectivity index (χ1v) is 15.5. The van der Waals surface area contributed by atoms with Crippen molar-refractivity contribution in [2.24, 2.45) is 35.5 Å². The third kappa shape index (κ3) is 7.63. The Labute approximate surface area is 210 Å². The molecule has 0 N–H and O–H groups in total. The molecule has 0 aromatic rings. The Balaban J connectivity index is 1.08. The van der Waals surface area contributed by atoms with Crippen LogP contribution in [0.15, 0.2) is 0 Å². The number of carbonyl (C=O) groups excluding carboxylic acids is 1. The summed E-state index contributed by atoms with van der Waals surface area (Å²) in [6.07, 6.45) is 26.0. The summed E-state index contributed by atoms with van der Waals surface area (Å²) in [6, 6.07) is 0. The van der Waals surface area contributed by atoms with Crippen molar-refractivity contribution in [3.63, 3.8) is 0 Å². The van der Waals surface area contributed by atoms with Crippen molar-refractivity contribution in [2.45, 2.75) is 154 Å². The van der Waals surface area contributed by atoms with Gasteiger partial charge in [0, 0.05) is 0 Å². The minimum atomic E-state index is -0.382. The topological polar surface area (TPSA) is 35.5 Å². The van der Waals surface area contributed by atoms with E-state index in [1.54, 1.807) is 0 Å². The molecule has 0 aliphatic heterocycles. The van der Waals surface area contributed by atoms with Gasteiger partial charge in [-0.15, -0.1) is 0 Å². The molecular formula is C31H54O3. The maximum absolute atomic E-state index is 12.5. The average molecular weight is 475 g/mol. The molecule has 0 amide bonds. The van der Waals surface area contributed by atoms with Crippen LogP contribution >= 0.6 is 0 Å². The summed E-state index contributed by atoms with van der Waals surface area (Å²) < 4.78 is 11.6. The smallest absolute Gasteiger partial charge is 0.431 e. The lowest BCUT2D eigenvalue weighted by Gasteiger charge is -2.38. The molecule has 4 aliphatic carbocycles. The van der Waals surface area contributed by atoms with Crippen molar-refractivity contribution < 1.29 is 14.3 Å². The zero-order chi connectivity index (χ0) is 23.8. The highest BCUT2D eigenvalue weighted by molar-refractivity contribution is 5.60. The average Bonchev–Trinajstić information content (AvgIpc) is 2.86. The van der Waals surface area contributed by atoms with Crippen molar-refractivity contribution in [3.8, 4) is 0 Å². The first kappa shape index (κ1) is 26.3. The van der Waals surface area contributed by atoms with Crippen LogP contribution < -0.4 is 0 Å². The molecule has 4 rings (SSSR count). The van der Waals surface area contributed by atoms with E-state index in [0.29, 0.717) is 0 Å². The van der Waals surface area contributed by atoms with E-state index in [9.17, 15) is 4.79 Å². The fourth-order valence-electron chi connectivity index (χ4n) is 8.37. The molecule has 3 nitrogen and oxygen atoms in total. The van der Waals surface area contributed by atoms with E-state index in [0.717, 1.165) is 61.2 Å². The second-order valence-corrected chi connectivity index (χ2v) is 12.7. The lowest BCUT2D eigenvalue weighted by molar-refractivity contribution is -0.0320. The molecule has 0 heterocycles. The Morgan fingerprint density at radius 1 is 0.500 bits per heavy atom. The van der Waals surface area contributed by atoms with Crippen molar-refractivity contribution in [1.82, 2.24) is 0 Å². The van der Waals surface area contributed by atoms with Gasteiger partial charge in [-0.05, 0) is 113 Å². The van der Waals surface area contributed by atoms with Gasteiger partial charge in [0.1, 0.15) is 12.2 Å². The van der Waals surface area contributed by atoms with E-state index >= 15 is 0 Å². The molecule has 0 atom stereocenters. The van der Waals surface area contributed by atoms with Crippen LogP contribution in [-0.2, 0) is 9.47 Å². The molecule has 0 aromatic carbocycles. The monoisotopic (exact) mass is 474 g/mol. The molecule has 0 aromatic heterocycles. The van der Waals surface area contributed by atoms with Crippen LogP contribution in [0.4, 0.5) is 4.79 Å². The Morgan fingerprint density at radius 3 is 1.09 bits per heavy atom. The molecule has 3 heteroatoms. The van der Waals surface area contributed by atoms with Gasteiger partial charge in [-0.25, -0.2) is 4.79 Å². The van der Waals surface area contributed by atoms with Crippen molar-refractivity contribution in [3.05, 3.63) is 0 Å². The molecule has 4 fully saturated rings. The van der Waals surface area contributed by atoms with E-state index in [1.807, 2.05) is 0 Å². The van der Waals surface area contributed by atoms with Gasteiger partial charge < -0.3 is 9.47 Å². The normalized spacial score (nSPS) is 39.4. The van der Waals surface area contributed by atoms with Gasteiger partial charge in [0.25, 0.3) is 0 Å². The summed E-state index contributed by atoms with van der Waals surface area (Å²) >= 11 is 0. The standard InChI is InChI=1S/C31H54O3/c1-3-5-23-7-11-25(12-8-23)27-15-19-29(20-16-27)33-31(32)34-30-21-17-28(18-22-30)26-13-9-24(6-4-2)10-14-26/h23-30H,3-22H2,1-2H3. The van der Waals surface area contributed by atoms with E-state index in [2.05, 4.69) is 13.8 Å². The van der Waals surface area contributed by atoms with Gasteiger partial charge in [-0.3, -0.25) is 0 Å². The molecule has 4 aliphatic rings. The van der Waals surface area contributed by atoms with Crippen molar-refractivity contribution in [1.29, 1.82) is 0 Å². The van der Waals surface area contributed by atoms with E-state index < -0.39 is 0 Å². The zero-order valence-corrected chi connectivity index (χ0v) is 22.5. The van der Waals surface area contributed by atoms with Gasteiger partial charge >= 0.3 is 6.16 Å². The highest BCUT2D eigenvalue weighted by Crippen LogP contribution is 2.43. The second kappa shape index (κ2) is 13.5. The maximum atomic E-state index is 12.5. The van der Waals surface area contributed by atoms with Crippen LogP contribution in [-0.4, -0.2) is 18.4 Å². The van der Waals surface area contributed by atoms with Crippen molar-refractivity contribution in [2.75, 3.05) is 0 Å². The van der Waals surface area contributed by atoms with E-state index in [1.165, 1.54) is 103 Å². The lowest BCUT2D eigenvalue weighted by Crippen LogP contribution is -2.32. The molecule has 0 bridgehead atoms. The summed E-state index contributed by atoms with van der Waals surface area (Å²) in [4.78, 5) is 12.5. The largest absolute Gasteiger partial charge is 0.508 e. The Kier molecular flexibility index (Phi) is 10.5. The summed E-state index contributed by atoms with van der Waals surface area (Å²) in [5.41, 5.74) is 0. The Hall–Kier alpha value is -0.730. The Morgan fingerprint density at radius 2 is 0.794 bits per heavy atom. The van der Waals surface area contributed by atoms with Crippen LogP contribution in [0.1, 0.15) is 142 Å². The fraction of sp³-hybridized carbons (Fsp3) is 0.968. The van der Waals surface area contributed by atoms with E-state index in [4.69, 9.17) is 9.47 Å². The van der Waals surface area contributed by atoms with Gasteiger partial charge in [0.05, 0.1) is 0 Å². The third-order valence-corrected chi connectivity index (χ3v) is 10.5. The maximum Gasteiger partial charge on any atom is 0.508 e. The van der Waals surface area contributed by atoms with Crippen LogP contribution in [0.2, 0.25) is 0 Å². The predicted molar refractivity (Wildman–Crippen MR) is 140 cm³/mol. The minimum Gasteiger partial charge on any atom is -0.431 e. The summed E-state index contributed by atoms with van der Waals surface area (Å²) in [5, 5.41) is 0. The highest BCUT2D eigenvalue weighted by atomic mass is 16.7. The zero-order valence-electron chi connectivity index (χ0n) is 22.5. The third-order valence-electron chi connectivity index (χ3n) is 10.5. The van der Waals surface area contributed by atoms with Gasteiger partial charge in [0.15, 0.2) is 0 Å². The van der Waals surface area contributed by atoms with Crippen molar-refractivity contribution >= 4 is 6.16 Å². The number of rotatable bonds is 8. The second-order valence-electron chi connectivity index (χ2n) is 12.7. The first-order chi connectivity index (χ1) is 16.6. The molecule has 4 saturated carbocycles. The highest BCUT2D eigenvalue weighted by Gasteiger charge is 2.34. The lowest BCUT2D eigenvalue weighted by atomic mass is 9.70. The summed E-state index contributed by atoms with van der Waals surface area (Å²) in [7, 11) is 0.